The fraction of sp³-hybridized carbons (Fsp3) is 0.417. The van der Waals surface area contributed by atoms with Gasteiger partial charge in [-0.05, 0) is 18.4 Å². The zero-order valence-corrected chi connectivity index (χ0v) is 11.3. The zero-order chi connectivity index (χ0) is 14.9. The number of nitrogens with one attached hydrogen (secondary N) is 1. The molecule has 20 heavy (non-hydrogen) atoms. The largest absolute Gasteiger partial charge is 0.352 e. The van der Waals surface area contributed by atoms with Crippen molar-refractivity contribution in [1.82, 2.24) is 5.32 Å². The molecule has 1 aliphatic rings. The fourth-order valence-electron chi connectivity index (χ4n) is 1.81. The highest BCUT2D eigenvalue weighted by Gasteiger charge is 2.23. The Hall–Kier alpha value is -1.54. The van der Waals surface area contributed by atoms with Crippen molar-refractivity contribution < 1.29 is 22.0 Å². The van der Waals surface area contributed by atoms with Crippen LogP contribution in [-0.4, -0.2) is 20.9 Å². The predicted octanol–water partition coefficient (Wildman–Crippen LogP) is 1.14. The van der Waals surface area contributed by atoms with E-state index in [4.69, 9.17) is 5.14 Å². The summed E-state index contributed by atoms with van der Waals surface area (Å²) in [7, 11) is -4.35. The lowest BCUT2D eigenvalue weighted by molar-refractivity contribution is 0.0948. The zero-order valence-electron chi connectivity index (χ0n) is 10.5. The van der Waals surface area contributed by atoms with Gasteiger partial charge in [0.15, 0.2) is 0 Å². The fourth-order valence-corrected chi connectivity index (χ4v) is 2.43. The third-order valence-electron chi connectivity index (χ3n) is 3.11. The van der Waals surface area contributed by atoms with Crippen LogP contribution in [0.3, 0.4) is 0 Å². The second-order valence-electron chi connectivity index (χ2n) is 4.80. The van der Waals surface area contributed by atoms with Crippen molar-refractivity contribution in [3.05, 3.63) is 29.3 Å². The number of hydrogen-bond acceptors (Lipinski definition) is 3. The van der Waals surface area contributed by atoms with Gasteiger partial charge in [0, 0.05) is 12.6 Å². The molecular weight excluding hydrogens is 290 g/mol. The molecule has 3 N–H and O–H groups in total. The van der Waals surface area contributed by atoms with Crippen molar-refractivity contribution in [2.45, 2.75) is 24.2 Å². The summed E-state index contributed by atoms with van der Waals surface area (Å²) < 4.78 is 49.1. The molecule has 1 aromatic rings. The van der Waals surface area contributed by atoms with E-state index in [2.05, 4.69) is 5.32 Å². The number of carbonyl (C=O) groups excluding carboxylic acids is 1. The van der Waals surface area contributed by atoms with Crippen molar-refractivity contribution in [3.8, 4) is 0 Å². The SMILES string of the molecule is NS(=O)(=O)c1cc(C(=O)NCCC2CC2)c(F)cc1F. The van der Waals surface area contributed by atoms with E-state index in [0.717, 1.165) is 19.3 Å². The minimum absolute atomic E-state index is 0.343. The highest BCUT2D eigenvalue weighted by atomic mass is 32.2. The molecule has 0 bridgehead atoms. The molecule has 0 heterocycles. The van der Waals surface area contributed by atoms with Crippen molar-refractivity contribution in [2.75, 3.05) is 6.54 Å². The molecule has 0 saturated heterocycles. The van der Waals surface area contributed by atoms with Crippen molar-refractivity contribution in [1.29, 1.82) is 0 Å². The van der Waals surface area contributed by atoms with Crippen LogP contribution in [0.2, 0.25) is 0 Å². The van der Waals surface area contributed by atoms with Crippen molar-refractivity contribution >= 4 is 15.9 Å². The maximum Gasteiger partial charge on any atom is 0.254 e. The van der Waals surface area contributed by atoms with Gasteiger partial charge in [0.25, 0.3) is 5.91 Å². The summed E-state index contributed by atoms with van der Waals surface area (Å²) in [6, 6.07) is 0.960. The van der Waals surface area contributed by atoms with Gasteiger partial charge in [-0.1, -0.05) is 12.8 Å². The number of sulfonamides is 1. The number of amides is 1. The summed E-state index contributed by atoms with van der Waals surface area (Å²) >= 11 is 0. The molecule has 2 rings (SSSR count). The highest BCUT2D eigenvalue weighted by molar-refractivity contribution is 7.89. The van der Waals surface area contributed by atoms with Gasteiger partial charge in [0.1, 0.15) is 16.5 Å². The molecule has 1 aromatic carbocycles. The van der Waals surface area contributed by atoms with E-state index in [-0.39, 0.29) is 0 Å². The number of benzene rings is 1. The van der Waals surface area contributed by atoms with Gasteiger partial charge < -0.3 is 5.32 Å². The quantitative estimate of drug-likeness (QED) is 0.855. The number of nitrogens with two attached hydrogens (primary N) is 1. The average Bonchev–Trinajstić information content (AvgIpc) is 3.11. The monoisotopic (exact) mass is 304 g/mol. The molecule has 0 spiro atoms. The van der Waals surface area contributed by atoms with Crippen LogP contribution in [0.5, 0.6) is 0 Å². The number of rotatable bonds is 5. The Kier molecular flexibility index (Phi) is 4.05. The maximum atomic E-state index is 13.5. The van der Waals surface area contributed by atoms with E-state index in [9.17, 15) is 22.0 Å². The predicted molar refractivity (Wildman–Crippen MR) is 67.4 cm³/mol. The third kappa shape index (κ3) is 3.51. The van der Waals surface area contributed by atoms with Gasteiger partial charge in [0.05, 0.1) is 5.56 Å². The Balaban J connectivity index is 2.19. The summed E-state index contributed by atoms with van der Waals surface area (Å²) in [5.41, 5.74) is -0.536. The second kappa shape index (κ2) is 5.45. The van der Waals surface area contributed by atoms with E-state index in [0.29, 0.717) is 24.6 Å². The second-order valence-corrected chi connectivity index (χ2v) is 6.33. The number of carbonyl (C=O) groups is 1. The molecule has 0 aromatic heterocycles. The van der Waals surface area contributed by atoms with Crippen LogP contribution in [0.1, 0.15) is 29.6 Å². The van der Waals surface area contributed by atoms with Gasteiger partial charge in [-0.25, -0.2) is 22.3 Å². The maximum absolute atomic E-state index is 13.5. The van der Waals surface area contributed by atoms with Crippen LogP contribution in [0.25, 0.3) is 0 Å². The van der Waals surface area contributed by atoms with E-state index >= 15 is 0 Å². The number of hydrogen-bond donors (Lipinski definition) is 2. The molecule has 8 heteroatoms. The molecule has 1 aliphatic carbocycles. The van der Waals surface area contributed by atoms with Crippen LogP contribution < -0.4 is 10.5 Å². The molecule has 5 nitrogen and oxygen atoms in total. The van der Waals surface area contributed by atoms with Gasteiger partial charge in [0.2, 0.25) is 10.0 Å². The van der Waals surface area contributed by atoms with Gasteiger partial charge >= 0.3 is 0 Å². The first kappa shape index (κ1) is 14.9. The smallest absolute Gasteiger partial charge is 0.254 e. The Morgan fingerprint density at radius 3 is 2.50 bits per heavy atom. The van der Waals surface area contributed by atoms with Gasteiger partial charge in [-0.3, -0.25) is 4.79 Å². The lowest BCUT2D eigenvalue weighted by Gasteiger charge is -2.08. The molecule has 110 valence electrons. The first-order valence-electron chi connectivity index (χ1n) is 6.09. The number of halogens is 2. The van der Waals surface area contributed by atoms with E-state index in [1.807, 2.05) is 0 Å². The molecule has 0 aliphatic heterocycles. The standard InChI is InChI=1S/C12H14F2N2O3S/c13-9-6-10(14)11(20(15,18)19)5-8(9)12(17)16-4-3-7-1-2-7/h5-7H,1-4H2,(H,16,17)(H2,15,18,19). The van der Waals surface area contributed by atoms with Gasteiger partial charge in [-0.15, -0.1) is 0 Å². The van der Waals surface area contributed by atoms with E-state index in [1.165, 1.54) is 0 Å². The third-order valence-corrected chi connectivity index (χ3v) is 4.03. The van der Waals surface area contributed by atoms with Crippen LogP contribution >= 0.6 is 0 Å². The molecule has 1 saturated carbocycles. The normalized spacial score (nSPS) is 15.2. The first-order valence-corrected chi connectivity index (χ1v) is 7.63. The number of primary sulfonamides is 1. The summed E-state index contributed by atoms with van der Waals surface area (Å²) in [6.45, 7) is 0.366. The summed E-state index contributed by atoms with van der Waals surface area (Å²) in [4.78, 5) is 10.9. The van der Waals surface area contributed by atoms with Crippen LogP contribution in [-0.2, 0) is 10.0 Å². The van der Waals surface area contributed by atoms with Crippen LogP contribution in [0.15, 0.2) is 17.0 Å². The Labute approximate surface area is 115 Å². The minimum atomic E-state index is -4.35. The first-order chi connectivity index (χ1) is 9.29. The molecule has 0 atom stereocenters. The van der Waals surface area contributed by atoms with E-state index in [1.54, 1.807) is 0 Å². The van der Waals surface area contributed by atoms with Crippen molar-refractivity contribution in [2.24, 2.45) is 11.1 Å². The highest BCUT2D eigenvalue weighted by Crippen LogP contribution is 2.31. The summed E-state index contributed by atoms with van der Waals surface area (Å²) in [5.74, 6) is -2.64. The van der Waals surface area contributed by atoms with Gasteiger partial charge in [-0.2, -0.15) is 0 Å². The van der Waals surface area contributed by atoms with Crippen molar-refractivity contribution in [3.63, 3.8) is 0 Å². The van der Waals surface area contributed by atoms with Crippen LogP contribution in [0, 0.1) is 17.6 Å². The molecule has 1 amide bonds. The topological polar surface area (TPSA) is 89.3 Å². The molecule has 0 unspecified atom stereocenters. The average molecular weight is 304 g/mol. The molecule has 1 fully saturated rings. The Bertz CT molecular complexity index is 642. The Morgan fingerprint density at radius 1 is 1.30 bits per heavy atom. The lowest BCUT2D eigenvalue weighted by Crippen LogP contribution is -2.26. The lowest BCUT2D eigenvalue weighted by atomic mass is 10.2. The minimum Gasteiger partial charge on any atom is -0.352 e. The molecular formula is C12H14F2N2O3S. The summed E-state index contributed by atoms with van der Waals surface area (Å²) in [5, 5.41) is 7.28. The Morgan fingerprint density at radius 2 is 1.95 bits per heavy atom. The van der Waals surface area contributed by atoms with E-state index < -0.39 is 38.0 Å². The molecule has 0 radical (unpaired) electrons. The van der Waals surface area contributed by atoms with Crippen LogP contribution in [0.4, 0.5) is 8.78 Å². The summed E-state index contributed by atoms with van der Waals surface area (Å²) in [6.07, 6.45) is 3.03.